The van der Waals surface area contributed by atoms with E-state index in [2.05, 4.69) is 5.32 Å². The van der Waals surface area contributed by atoms with Crippen molar-refractivity contribution < 1.29 is 14.3 Å². The van der Waals surface area contributed by atoms with Gasteiger partial charge in [-0.3, -0.25) is 4.79 Å². The molecule has 1 amide bonds. The van der Waals surface area contributed by atoms with E-state index in [1.54, 1.807) is 11.9 Å². The van der Waals surface area contributed by atoms with E-state index in [1.165, 1.54) is 0 Å². The zero-order valence-electron chi connectivity index (χ0n) is 10.4. The highest BCUT2D eigenvalue weighted by atomic mass is 16.6. The standard InChI is InChI=1S/C11H20N2O3/c1-11(2,3)16-10(15)13-6-5-9(14)8(7-13)12-4/h8,12H,5-7H2,1-4H3. The fraction of sp³-hybridized carbons (Fsp3) is 0.818. The maximum absolute atomic E-state index is 11.7. The zero-order chi connectivity index (χ0) is 12.3. The first-order valence-electron chi connectivity index (χ1n) is 5.51. The molecular weight excluding hydrogens is 208 g/mol. The molecular formula is C11H20N2O3. The summed E-state index contributed by atoms with van der Waals surface area (Å²) in [5.41, 5.74) is -0.492. The maximum atomic E-state index is 11.7. The zero-order valence-corrected chi connectivity index (χ0v) is 10.4. The van der Waals surface area contributed by atoms with Gasteiger partial charge in [-0.25, -0.2) is 4.79 Å². The van der Waals surface area contributed by atoms with E-state index in [0.717, 1.165) is 0 Å². The summed E-state index contributed by atoms with van der Waals surface area (Å²) < 4.78 is 5.25. The topological polar surface area (TPSA) is 58.6 Å². The van der Waals surface area contributed by atoms with Gasteiger partial charge in [0.2, 0.25) is 0 Å². The Morgan fingerprint density at radius 3 is 2.62 bits per heavy atom. The van der Waals surface area contributed by atoms with Crippen LogP contribution in [0.2, 0.25) is 0 Å². The Balaban J connectivity index is 2.55. The molecule has 1 aliphatic heterocycles. The van der Waals surface area contributed by atoms with Gasteiger partial charge in [-0.2, -0.15) is 0 Å². The van der Waals surface area contributed by atoms with E-state index in [-0.39, 0.29) is 17.9 Å². The fourth-order valence-electron chi connectivity index (χ4n) is 1.58. The largest absolute Gasteiger partial charge is 0.444 e. The Morgan fingerprint density at radius 2 is 2.12 bits per heavy atom. The molecule has 0 aromatic carbocycles. The Labute approximate surface area is 96.1 Å². The van der Waals surface area contributed by atoms with Crippen molar-refractivity contribution in [2.45, 2.75) is 38.8 Å². The lowest BCUT2D eigenvalue weighted by atomic mass is 10.1. The molecule has 0 spiro atoms. The highest BCUT2D eigenvalue weighted by Crippen LogP contribution is 2.13. The predicted octanol–water partition coefficient (Wildman–Crippen LogP) is 0.784. The lowest BCUT2D eigenvalue weighted by molar-refractivity contribution is -0.123. The molecule has 1 N–H and O–H groups in total. The molecule has 0 saturated carbocycles. The number of Topliss-reactive ketones (excluding diaryl/α,β-unsaturated/α-hetero) is 1. The molecule has 1 atom stereocenters. The lowest BCUT2D eigenvalue weighted by Gasteiger charge is -2.33. The summed E-state index contributed by atoms with van der Waals surface area (Å²) in [5.74, 6) is 0.155. The minimum atomic E-state index is -0.492. The van der Waals surface area contributed by atoms with Gasteiger partial charge in [0.05, 0.1) is 6.04 Å². The third kappa shape index (κ3) is 3.48. The molecule has 5 nitrogen and oxygen atoms in total. The molecule has 0 bridgehead atoms. The minimum absolute atomic E-state index is 0.155. The second-order valence-corrected chi connectivity index (χ2v) is 4.98. The van der Waals surface area contributed by atoms with E-state index in [4.69, 9.17) is 4.74 Å². The van der Waals surface area contributed by atoms with Crippen LogP contribution in [0.1, 0.15) is 27.2 Å². The van der Waals surface area contributed by atoms with Crippen molar-refractivity contribution in [3.05, 3.63) is 0 Å². The van der Waals surface area contributed by atoms with Crippen LogP contribution in [0.3, 0.4) is 0 Å². The van der Waals surface area contributed by atoms with Crippen LogP contribution in [0.15, 0.2) is 0 Å². The second kappa shape index (κ2) is 4.82. The van der Waals surface area contributed by atoms with E-state index in [9.17, 15) is 9.59 Å². The first-order chi connectivity index (χ1) is 7.33. The summed E-state index contributed by atoms with van der Waals surface area (Å²) in [7, 11) is 1.72. The molecule has 16 heavy (non-hydrogen) atoms. The smallest absolute Gasteiger partial charge is 0.410 e. The number of likely N-dealkylation sites (N-methyl/N-ethyl adjacent to an activating group) is 1. The minimum Gasteiger partial charge on any atom is -0.444 e. The number of amides is 1. The number of piperidine rings is 1. The molecule has 1 unspecified atom stereocenters. The van der Waals surface area contributed by atoms with Gasteiger partial charge in [-0.15, -0.1) is 0 Å². The molecule has 1 saturated heterocycles. The summed E-state index contributed by atoms with van der Waals surface area (Å²) in [6, 6.07) is -0.263. The van der Waals surface area contributed by atoms with Crippen molar-refractivity contribution in [2.24, 2.45) is 0 Å². The highest BCUT2D eigenvalue weighted by molar-refractivity contribution is 5.86. The van der Waals surface area contributed by atoms with E-state index in [0.29, 0.717) is 19.5 Å². The van der Waals surface area contributed by atoms with Crippen LogP contribution in [0, 0.1) is 0 Å². The molecule has 0 aromatic heterocycles. The normalized spacial score (nSPS) is 22.1. The first kappa shape index (κ1) is 13.0. The number of hydrogen-bond donors (Lipinski definition) is 1. The van der Waals surface area contributed by atoms with Crippen LogP contribution in [0.4, 0.5) is 4.79 Å². The summed E-state index contributed by atoms with van der Waals surface area (Å²) in [6.45, 7) is 6.33. The predicted molar refractivity (Wildman–Crippen MR) is 60.3 cm³/mol. The summed E-state index contributed by atoms with van der Waals surface area (Å²) >= 11 is 0. The van der Waals surface area contributed by atoms with E-state index < -0.39 is 5.60 Å². The number of rotatable bonds is 1. The molecule has 1 fully saturated rings. The van der Waals surface area contributed by atoms with Crippen LogP contribution in [-0.2, 0) is 9.53 Å². The monoisotopic (exact) mass is 228 g/mol. The molecule has 1 rings (SSSR count). The number of nitrogens with zero attached hydrogens (tertiary/aromatic N) is 1. The summed E-state index contributed by atoms with van der Waals surface area (Å²) in [6.07, 6.45) is 0.0466. The van der Waals surface area contributed by atoms with Crippen LogP contribution >= 0.6 is 0 Å². The third-order valence-electron chi connectivity index (χ3n) is 2.42. The van der Waals surface area contributed by atoms with Gasteiger partial charge in [-0.1, -0.05) is 0 Å². The van der Waals surface area contributed by atoms with Gasteiger partial charge < -0.3 is 15.0 Å². The number of hydrogen-bond acceptors (Lipinski definition) is 4. The highest BCUT2D eigenvalue weighted by Gasteiger charge is 2.31. The molecule has 0 aliphatic carbocycles. The number of ether oxygens (including phenoxy) is 1. The van der Waals surface area contributed by atoms with Gasteiger partial charge in [-0.05, 0) is 27.8 Å². The number of ketones is 1. The fourth-order valence-corrected chi connectivity index (χ4v) is 1.58. The van der Waals surface area contributed by atoms with Crippen molar-refractivity contribution in [1.82, 2.24) is 10.2 Å². The van der Waals surface area contributed by atoms with Crippen LogP contribution in [0.5, 0.6) is 0 Å². The van der Waals surface area contributed by atoms with E-state index in [1.807, 2.05) is 20.8 Å². The summed E-state index contributed by atoms with van der Waals surface area (Å²) in [5, 5.41) is 2.90. The quantitative estimate of drug-likeness (QED) is 0.720. The number of likely N-dealkylation sites (tertiary alicyclic amines) is 1. The maximum Gasteiger partial charge on any atom is 0.410 e. The molecule has 1 heterocycles. The average Bonchev–Trinajstić information content (AvgIpc) is 2.15. The Morgan fingerprint density at radius 1 is 1.50 bits per heavy atom. The van der Waals surface area contributed by atoms with Gasteiger partial charge in [0.25, 0.3) is 0 Å². The van der Waals surface area contributed by atoms with Gasteiger partial charge >= 0.3 is 6.09 Å². The molecule has 0 radical (unpaired) electrons. The Hall–Kier alpha value is -1.10. The molecule has 1 aliphatic rings. The summed E-state index contributed by atoms with van der Waals surface area (Å²) in [4.78, 5) is 24.8. The average molecular weight is 228 g/mol. The van der Waals surface area contributed by atoms with Crippen molar-refractivity contribution in [1.29, 1.82) is 0 Å². The SMILES string of the molecule is CNC1CN(C(=O)OC(C)(C)C)CCC1=O. The second-order valence-electron chi connectivity index (χ2n) is 4.98. The lowest BCUT2D eigenvalue weighted by Crippen LogP contribution is -2.53. The van der Waals surface area contributed by atoms with Crippen LogP contribution in [0.25, 0.3) is 0 Å². The Bertz CT molecular complexity index is 283. The first-order valence-corrected chi connectivity index (χ1v) is 5.51. The van der Waals surface area contributed by atoms with Crippen LogP contribution in [-0.4, -0.2) is 48.6 Å². The van der Waals surface area contributed by atoms with Gasteiger partial charge in [0.1, 0.15) is 5.60 Å². The van der Waals surface area contributed by atoms with Gasteiger partial charge in [0.15, 0.2) is 5.78 Å². The van der Waals surface area contributed by atoms with Crippen molar-refractivity contribution >= 4 is 11.9 Å². The van der Waals surface area contributed by atoms with Gasteiger partial charge in [0, 0.05) is 19.5 Å². The van der Waals surface area contributed by atoms with Crippen molar-refractivity contribution in [3.8, 4) is 0 Å². The third-order valence-corrected chi connectivity index (χ3v) is 2.42. The Kier molecular flexibility index (Phi) is 3.91. The number of carbonyl (C=O) groups is 2. The molecule has 5 heteroatoms. The van der Waals surface area contributed by atoms with Crippen molar-refractivity contribution in [3.63, 3.8) is 0 Å². The number of carbonyl (C=O) groups excluding carboxylic acids is 2. The van der Waals surface area contributed by atoms with Crippen LogP contribution < -0.4 is 5.32 Å². The number of nitrogens with one attached hydrogen (secondary N) is 1. The van der Waals surface area contributed by atoms with E-state index >= 15 is 0 Å². The molecule has 92 valence electrons. The molecule has 0 aromatic rings. The van der Waals surface area contributed by atoms with Crippen molar-refractivity contribution in [2.75, 3.05) is 20.1 Å².